The van der Waals surface area contributed by atoms with E-state index in [-0.39, 0.29) is 5.75 Å². The van der Waals surface area contributed by atoms with Gasteiger partial charge in [0.25, 0.3) is 0 Å². The molecule has 66 valence electrons. The Bertz CT molecular complexity index is 375. The van der Waals surface area contributed by atoms with Gasteiger partial charge in [-0.2, -0.15) is 0 Å². The molecule has 3 nitrogen and oxygen atoms in total. The van der Waals surface area contributed by atoms with Crippen LogP contribution in [0.15, 0.2) is 22.8 Å². The number of nitrogens with zero attached hydrogens (tertiary/aromatic N) is 1. The van der Waals surface area contributed by atoms with E-state index < -0.39 is 9.73 Å². The molecule has 1 N–H and O–H groups in total. The van der Waals surface area contributed by atoms with Gasteiger partial charge >= 0.3 is 0 Å². The fraction of sp³-hybridized carbons (Fsp3) is 0.286. The van der Waals surface area contributed by atoms with Crippen molar-refractivity contribution in [3.63, 3.8) is 0 Å². The second-order valence-corrected chi connectivity index (χ2v) is 5.83. The Morgan fingerprint density at radius 1 is 1.75 bits per heavy atom. The second-order valence-electron chi connectivity index (χ2n) is 2.61. The van der Waals surface area contributed by atoms with Gasteiger partial charge < -0.3 is 0 Å². The van der Waals surface area contributed by atoms with Crippen molar-refractivity contribution in [3.05, 3.63) is 28.5 Å². The van der Waals surface area contributed by atoms with Gasteiger partial charge in [-0.3, -0.25) is 9.76 Å². The standard InChI is InChI=1S/C7H9BrN2OS/c1-12(9,11)5-7-4-6(8)2-3-10-7/h2-4,9H,5H2,1H3. The Morgan fingerprint density at radius 3 is 2.92 bits per heavy atom. The van der Waals surface area contributed by atoms with E-state index in [4.69, 9.17) is 4.78 Å². The number of nitrogens with one attached hydrogen (secondary N) is 1. The summed E-state index contributed by atoms with van der Waals surface area (Å²) in [6.07, 6.45) is 3.04. The molecule has 0 radical (unpaired) electrons. The zero-order valence-electron chi connectivity index (χ0n) is 6.58. The third-order valence-electron chi connectivity index (χ3n) is 1.20. The molecule has 0 aliphatic heterocycles. The van der Waals surface area contributed by atoms with Crippen molar-refractivity contribution < 1.29 is 4.21 Å². The lowest BCUT2D eigenvalue weighted by atomic mass is 10.4. The predicted octanol–water partition coefficient (Wildman–Crippen LogP) is 2.02. The highest BCUT2D eigenvalue weighted by Crippen LogP contribution is 2.10. The van der Waals surface area contributed by atoms with E-state index >= 15 is 0 Å². The van der Waals surface area contributed by atoms with E-state index in [9.17, 15) is 4.21 Å². The average Bonchev–Trinajstić information content (AvgIpc) is 1.82. The van der Waals surface area contributed by atoms with E-state index in [1.54, 1.807) is 18.3 Å². The molecule has 0 fully saturated rings. The lowest BCUT2D eigenvalue weighted by molar-refractivity contribution is 0.678. The van der Waals surface area contributed by atoms with Crippen LogP contribution in [0.1, 0.15) is 5.69 Å². The molecule has 0 saturated heterocycles. The molecular formula is C7H9BrN2OS. The summed E-state index contributed by atoms with van der Waals surface area (Å²) < 4.78 is 19.2. The summed E-state index contributed by atoms with van der Waals surface area (Å²) in [5.41, 5.74) is 0.687. The number of halogens is 1. The van der Waals surface area contributed by atoms with Crippen molar-refractivity contribution in [1.82, 2.24) is 4.98 Å². The Labute approximate surface area is 80.3 Å². The minimum absolute atomic E-state index is 0.215. The molecule has 0 aliphatic carbocycles. The highest BCUT2D eigenvalue weighted by Gasteiger charge is 2.01. The molecular weight excluding hydrogens is 240 g/mol. The minimum Gasteiger partial charge on any atom is -0.260 e. The maximum atomic E-state index is 11.1. The van der Waals surface area contributed by atoms with Crippen LogP contribution in [-0.2, 0) is 15.5 Å². The predicted molar refractivity (Wildman–Crippen MR) is 52.4 cm³/mol. The first-order valence-electron chi connectivity index (χ1n) is 3.29. The van der Waals surface area contributed by atoms with Gasteiger partial charge in [-0.1, -0.05) is 15.9 Å². The fourth-order valence-electron chi connectivity index (χ4n) is 0.810. The van der Waals surface area contributed by atoms with Gasteiger partial charge in [0.15, 0.2) is 0 Å². The van der Waals surface area contributed by atoms with Crippen molar-refractivity contribution in [1.29, 1.82) is 4.78 Å². The lowest BCUT2D eigenvalue weighted by Crippen LogP contribution is -2.00. The molecule has 0 spiro atoms. The van der Waals surface area contributed by atoms with Crippen LogP contribution in [0.4, 0.5) is 0 Å². The molecule has 0 bridgehead atoms. The average molecular weight is 249 g/mol. The van der Waals surface area contributed by atoms with E-state index in [0.29, 0.717) is 5.69 Å². The summed E-state index contributed by atoms with van der Waals surface area (Å²) >= 11 is 3.28. The van der Waals surface area contributed by atoms with Gasteiger partial charge in [0.2, 0.25) is 0 Å². The molecule has 1 aromatic heterocycles. The van der Waals surface area contributed by atoms with Gasteiger partial charge in [-0.15, -0.1) is 0 Å². The normalized spacial score (nSPS) is 15.5. The molecule has 1 atom stereocenters. The molecule has 0 saturated carbocycles. The first kappa shape index (κ1) is 9.67. The number of rotatable bonds is 2. The molecule has 5 heteroatoms. The fourth-order valence-corrected chi connectivity index (χ4v) is 1.91. The maximum absolute atomic E-state index is 11.1. The zero-order valence-corrected chi connectivity index (χ0v) is 8.98. The monoisotopic (exact) mass is 248 g/mol. The minimum atomic E-state index is -2.48. The Hall–Kier alpha value is -0.420. The highest BCUT2D eigenvalue weighted by atomic mass is 79.9. The van der Waals surface area contributed by atoms with E-state index in [1.165, 1.54) is 6.26 Å². The van der Waals surface area contributed by atoms with Crippen LogP contribution in [0.2, 0.25) is 0 Å². The third kappa shape index (κ3) is 3.32. The summed E-state index contributed by atoms with van der Waals surface area (Å²) in [5, 5.41) is 0. The number of aromatic nitrogens is 1. The van der Waals surface area contributed by atoms with Gasteiger partial charge in [-0.05, 0) is 12.1 Å². The van der Waals surface area contributed by atoms with Crippen LogP contribution in [0, 0.1) is 4.78 Å². The van der Waals surface area contributed by atoms with E-state index in [2.05, 4.69) is 20.9 Å². The Kier molecular flexibility index (Phi) is 2.85. The van der Waals surface area contributed by atoms with Crippen molar-refractivity contribution in [3.8, 4) is 0 Å². The summed E-state index contributed by atoms with van der Waals surface area (Å²) in [5.74, 6) is 0.215. The van der Waals surface area contributed by atoms with Crippen LogP contribution in [-0.4, -0.2) is 15.4 Å². The molecule has 1 rings (SSSR count). The van der Waals surface area contributed by atoms with Crippen molar-refractivity contribution in [2.75, 3.05) is 6.26 Å². The molecule has 0 amide bonds. The van der Waals surface area contributed by atoms with Crippen molar-refractivity contribution in [2.24, 2.45) is 0 Å². The largest absolute Gasteiger partial charge is 0.260 e. The van der Waals surface area contributed by atoms with Crippen LogP contribution in [0.25, 0.3) is 0 Å². The SMILES string of the molecule is CS(=N)(=O)Cc1cc(Br)ccn1. The molecule has 12 heavy (non-hydrogen) atoms. The Balaban J connectivity index is 2.91. The van der Waals surface area contributed by atoms with Crippen molar-refractivity contribution >= 4 is 25.7 Å². The topological polar surface area (TPSA) is 53.8 Å². The summed E-state index contributed by atoms with van der Waals surface area (Å²) in [6.45, 7) is 0. The van der Waals surface area contributed by atoms with Gasteiger partial charge in [0.1, 0.15) is 0 Å². The number of pyridine rings is 1. The van der Waals surface area contributed by atoms with Gasteiger partial charge in [-0.25, -0.2) is 4.21 Å². The summed E-state index contributed by atoms with van der Waals surface area (Å²) in [7, 11) is -2.48. The quantitative estimate of drug-likeness (QED) is 0.871. The highest BCUT2D eigenvalue weighted by molar-refractivity contribution is 9.10. The second kappa shape index (κ2) is 3.53. The number of hydrogen-bond acceptors (Lipinski definition) is 3. The number of hydrogen-bond donors (Lipinski definition) is 1. The first-order chi connectivity index (χ1) is 5.47. The molecule has 1 unspecified atom stereocenters. The van der Waals surface area contributed by atoms with Crippen molar-refractivity contribution in [2.45, 2.75) is 5.75 Å². The van der Waals surface area contributed by atoms with Crippen LogP contribution >= 0.6 is 15.9 Å². The molecule has 0 aromatic carbocycles. The van der Waals surface area contributed by atoms with E-state index in [0.717, 1.165) is 4.47 Å². The Morgan fingerprint density at radius 2 is 2.42 bits per heavy atom. The maximum Gasteiger partial charge on any atom is 0.0736 e. The van der Waals surface area contributed by atoms with Gasteiger partial charge in [0.05, 0.1) is 11.4 Å². The lowest BCUT2D eigenvalue weighted by Gasteiger charge is -2.00. The van der Waals surface area contributed by atoms with Crippen LogP contribution in [0.3, 0.4) is 0 Å². The zero-order chi connectivity index (χ0) is 9.19. The molecule has 1 aromatic rings. The van der Waals surface area contributed by atoms with Crippen LogP contribution in [0.5, 0.6) is 0 Å². The smallest absolute Gasteiger partial charge is 0.0736 e. The summed E-state index contributed by atoms with van der Waals surface area (Å²) in [6, 6.07) is 3.57. The molecule has 1 heterocycles. The van der Waals surface area contributed by atoms with Crippen LogP contribution < -0.4 is 0 Å². The summed E-state index contributed by atoms with van der Waals surface area (Å²) in [4.78, 5) is 4.00. The van der Waals surface area contributed by atoms with Gasteiger partial charge in [0, 0.05) is 26.7 Å². The van der Waals surface area contributed by atoms with E-state index in [1.807, 2.05) is 0 Å². The third-order valence-corrected chi connectivity index (χ3v) is 2.54. The molecule has 0 aliphatic rings. The first-order valence-corrected chi connectivity index (χ1v) is 6.22.